The zero-order valence-corrected chi connectivity index (χ0v) is 23.1. The van der Waals surface area contributed by atoms with Crippen molar-refractivity contribution in [2.45, 2.75) is 64.3 Å². The number of nitrogens with one attached hydrogen (secondary N) is 1. The minimum Gasteiger partial charge on any atom is -0.450 e. The molecule has 10 nitrogen and oxygen atoms in total. The van der Waals surface area contributed by atoms with E-state index in [0.717, 1.165) is 54.8 Å². The normalized spacial score (nSPS) is 14.9. The van der Waals surface area contributed by atoms with E-state index in [1.54, 1.807) is 7.05 Å². The fourth-order valence-electron chi connectivity index (χ4n) is 4.76. The van der Waals surface area contributed by atoms with Crippen LogP contribution in [0.1, 0.15) is 78.5 Å². The van der Waals surface area contributed by atoms with E-state index < -0.39 is 17.0 Å². The van der Waals surface area contributed by atoms with Crippen LogP contribution in [0.3, 0.4) is 0 Å². The number of carboxylic acid groups (broad SMARTS) is 2. The summed E-state index contributed by atoms with van der Waals surface area (Å²) in [6, 6.07) is 10.0. The Morgan fingerprint density at radius 2 is 1.79 bits per heavy atom. The molecule has 2 heterocycles. The molecule has 0 unspecified atom stereocenters. The van der Waals surface area contributed by atoms with Gasteiger partial charge in [-0.3, -0.25) is 4.79 Å². The summed E-state index contributed by atoms with van der Waals surface area (Å²) in [6.45, 7) is 2.85. The van der Waals surface area contributed by atoms with Crippen molar-refractivity contribution in [3.05, 3.63) is 52.7 Å². The molecule has 0 bridgehead atoms. The fraction of sp³-hybridized carbons (Fsp3) is 0.464. The van der Waals surface area contributed by atoms with Crippen LogP contribution in [-0.2, 0) is 23.9 Å². The molecule has 2 aliphatic rings. The molecule has 2 fully saturated rings. The first kappa shape index (κ1) is 28.6. The number of aromatic nitrogens is 1. The standard InChI is InChI=1S/C27H33N3O4S.CH2O3/c1-3-17-8-10-20(11-9-17)25-24(26(31)28-2)22-15-21(19-12-13-19)23(29-27(22)34-25)16-30(35(32)33)14-4-5-18-6-7-18;2-1(3)4/h8-11,15,18-19,35H,3-7,12-14,16H2,1-2H3,(H,28,31);(H2,2,3,4). The van der Waals surface area contributed by atoms with E-state index >= 15 is 0 Å². The average molecular weight is 558 g/mol. The molecule has 0 radical (unpaired) electrons. The molecule has 210 valence electrons. The van der Waals surface area contributed by atoms with Crippen molar-refractivity contribution in [1.29, 1.82) is 0 Å². The number of pyridine rings is 1. The van der Waals surface area contributed by atoms with Crippen molar-refractivity contribution in [2.24, 2.45) is 5.92 Å². The van der Waals surface area contributed by atoms with Crippen LogP contribution in [0, 0.1) is 5.92 Å². The molecular formula is C28H35N3O7S. The second kappa shape index (κ2) is 12.6. The third kappa shape index (κ3) is 7.36. The molecule has 0 saturated heterocycles. The Balaban J connectivity index is 0.000000826. The Labute approximate surface area is 229 Å². The monoisotopic (exact) mass is 557 g/mol. The summed E-state index contributed by atoms with van der Waals surface area (Å²) in [5.74, 6) is 1.39. The number of hydrogen-bond acceptors (Lipinski definition) is 6. The van der Waals surface area contributed by atoms with Gasteiger partial charge in [-0.15, -0.1) is 0 Å². The van der Waals surface area contributed by atoms with Gasteiger partial charge in [0.25, 0.3) is 5.91 Å². The van der Waals surface area contributed by atoms with E-state index in [4.69, 9.17) is 24.4 Å². The molecule has 2 aliphatic carbocycles. The van der Waals surface area contributed by atoms with Gasteiger partial charge in [-0.25, -0.2) is 18.2 Å². The maximum Gasteiger partial charge on any atom is 0.503 e. The third-order valence-electron chi connectivity index (χ3n) is 7.18. The summed E-state index contributed by atoms with van der Waals surface area (Å²) < 4.78 is 31.8. The summed E-state index contributed by atoms with van der Waals surface area (Å²) in [7, 11) is -1.10. The molecule has 1 aromatic carbocycles. The maximum atomic E-state index is 12.9. The van der Waals surface area contributed by atoms with Crippen molar-refractivity contribution in [1.82, 2.24) is 14.6 Å². The van der Waals surface area contributed by atoms with Gasteiger partial charge in [-0.2, -0.15) is 4.31 Å². The second-order valence-electron chi connectivity index (χ2n) is 10.1. The Morgan fingerprint density at radius 3 is 2.33 bits per heavy atom. The van der Waals surface area contributed by atoms with Gasteiger partial charge in [0.1, 0.15) is 5.76 Å². The number of rotatable bonds is 11. The lowest BCUT2D eigenvalue weighted by Crippen LogP contribution is -2.24. The number of furan rings is 1. The van der Waals surface area contributed by atoms with Gasteiger partial charge in [0.2, 0.25) is 16.6 Å². The van der Waals surface area contributed by atoms with Crippen LogP contribution in [0.15, 0.2) is 34.7 Å². The Bertz CT molecular complexity index is 1390. The summed E-state index contributed by atoms with van der Waals surface area (Å²) in [4.78, 5) is 26.3. The molecule has 5 rings (SSSR count). The molecule has 39 heavy (non-hydrogen) atoms. The summed E-state index contributed by atoms with van der Waals surface area (Å²) in [5.41, 5.74) is 4.63. The highest BCUT2D eigenvalue weighted by Crippen LogP contribution is 2.44. The second-order valence-corrected chi connectivity index (χ2v) is 11.1. The quantitative estimate of drug-likeness (QED) is 0.240. The highest BCUT2D eigenvalue weighted by atomic mass is 32.2. The van der Waals surface area contributed by atoms with E-state index in [9.17, 15) is 13.2 Å². The van der Waals surface area contributed by atoms with Crippen LogP contribution in [0.5, 0.6) is 0 Å². The number of thiol groups is 1. The van der Waals surface area contributed by atoms with Gasteiger partial charge in [0.15, 0.2) is 0 Å². The minimum absolute atomic E-state index is 0.223. The minimum atomic E-state index is -2.71. The highest BCUT2D eigenvalue weighted by Gasteiger charge is 2.31. The molecule has 2 aromatic heterocycles. The van der Waals surface area contributed by atoms with Crippen molar-refractivity contribution >= 4 is 34.1 Å². The van der Waals surface area contributed by atoms with E-state index in [2.05, 4.69) is 12.2 Å². The molecule has 0 atom stereocenters. The van der Waals surface area contributed by atoms with Gasteiger partial charge in [0.05, 0.1) is 23.2 Å². The highest BCUT2D eigenvalue weighted by molar-refractivity contribution is 7.69. The van der Waals surface area contributed by atoms with Crippen LogP contribution in [0.25, 0.3) is 22.4 Å². The SMILES string of the molecule is CCc1ccc(-c2oc3nc(CN(CCCC4CC4)[SH](=O)=O)c(C4CC4)cc3c2C(=O)NC)cc1.O=C(O)O. The molecule has 3 N–H and O–H groups in total. The number of benzene rings is 1. The fourth-order valence-corrected chi connectivity index (χ4v) is 5.31. The van der Waals surface area contributed by atoms with Crippen LogP contribution < -0.4 is 5.32 Å². The van der Waals surface area contributed by atoms with Gasteiger partial charge in [0, 0.05) is 19.2 Å². The molecule has 3 aromatic rings. The molecule has 11 heteroatoms. The van der Waals surface area contributed by atoms with Gasteiger partial charge in [-0.05, 0) is 61.1 Å². The lowest BCUT2D eigenvalue weighted by atomic mass is 10.0. The van der Waals surface area contributed by atoms with E-state index in [-0.39, 0.29) is 12.5 Å². The van der Waals surface area contributed by atoms with Gasteiger partial charge >= 0.3 is 6.16 Å². The van der Waals surface area contributed by atoms with Crippen LogP contribution in [0.4, 0.5) is 4.79 Å². The summed E-state index contributed by atoms with van der Waals surface area (Å²) in [6.07, 6.45) is 5.67. The average Bonchev–Trinajstić information content (AvgIpc) is 3.84. The topological polar surface area (TPSA) is 150 Å². The number of carbonyl (C=O) groups is 2. The molecule has 0 spiro atoms. The number of amides is 1. The molecule has 0 aliphatic heterocycles. The van der Waals surface area contributed by atoms with Crippen LogP contribution >= 0.6 is 0 Å². The summed E-state index contributed by atoms with van der Waals surface area (Å²) in [5, 5.41) is 17.4. The zero-order valence-electron chi connectivity index (χ0n) is 22.2. The number of fused-ring (bicyclic) bond motifs is 1. The first-order valence-corrected chi connectivity index (χ1v) is 14.4. The number of carbonyl (C=O) groups excluding carboxylic acids is 1. The number of nitrogens with zero attached hydrogens (tertiary/aromatic N) is 2. The summed E-state index contributed by atoms with van der Waals surface area (Å²) >= 11 is 0. The van der Waals surface area contributed by atoms with Crippen LogP contribution in [-0.4, -0.2) is 53.6 Å². The van der Waals surface area contributed by atoms with Crippen molar-refractivity contribution in [3.63, 3.8) is 0 Å². The van der Waals surface area contributed by atoms with Crippen molar-refractivity contribution in [3.8, 4) is 11.3 Å². The molecular weight excluding hydrogens is 522 g/mol. The molecule has 1 amide bonds. The Kier molecular flexibility index (Phi) is 9.24. The smallest absolute Gasteiger partial charge is 0.450 e. The lowest BCUT2D eigenvalue weighted by molar-refractivity contribution is 0.0964. The maximum absolute atomic E-state index is 12.9. The largest absolute Gasteiger partial charge is 0.503 e. The molecule has 2 saturated carbocycles. The zero-order chi connectivity index (χ0) is 28.1. The predicted molar refractivity (Wildman–Crippen MR) is 148 cm³/mol. The third-order valence-corrected chi connectivity index (χ3v) is 7.98. The van der Waals surface area contributed by atoms with Gasteiger partial charge < -0.3 is 19.9 Å². The first-order chi connectivity index (χ1) is 18.7. The van der Waals surface area contributed by atoms with E-state index in [0.29, 0.717) is 34.9 Å². The van der Waals surface area contributed by atoms with Crippen LogP contribution in [0.2, 0.25) is 0 Å². The first-order valence-electron chi connectivity index (χ1n) is 13.3. The lowest BCUT2D eigenvalue weighted by Gasteiger charge is -2.17. The number of hydrogen-bond donors (Lipinski definition) is 4. The Morgan fingerprint density at radius 1 is 1.13 bits per heavy atom. The van der Waals surface area contributed by atoms with E-state index in [1.165, 1.54) is 22.7 Å². The Hall–Kier alpha value is -3.44. The van der Waals surface area contributed by atoms with Gasteiger partial charge in [-0.1, -0.05) is 44.0 Å². The van der Waals surface area contributed by atoms with E-state index in [1.807, 2.05) is 30.3 Å². The van der Waals surface area contributed by atoms with Crippen molar-refractivity contribution < 1.29 is 32.6 Å². The number of aryl methyl sites for hydroxylation is 1. The van der Waals surface area contributed by atoms with Crippen molar-refractivity contribution in [2.75, 3.05) is 13.6 Å². The predicted octanol–water partition coefficient (Wildman–Crippen LogP) is 5.04.